The molecule has 0 aliphatic heterocycles. The van der Waals surface area contributed by atoms with Crippen molar-refractivity contribution in [2.45, 2.75) is 18.3 Å². The number of nitriles is 1. The topological polar surface area (TPSA) is 49.6 Å². The molecule has 3 nitrogen and oxygen atoms in total. The van der Waals surface area contributed by atoms with Gasteiger partial charge in [0.05, 0.1) is 17.2 Å². The van der Waals surface area contributed by atoms with Crippen molar-refractivity contribution < 1.29 is 0 Å². The van der Waals surface area contributed by atoms with Crippen LogP contribution in [0, 0.1) is 11.3 Å². The lowest BCUT2D eigenvalue weighted by molar-refractivity contribution is 0.842. The quantitative estimate of drug-likeness (QED) is 0.593. The van der Waals surface area contributed by atoms with Crippen LogP contribution in [0.1, 0.15) is 18.5 Å². The molecule has 11 heavy (non-hydrogen) atoms. The molecule has 0 aromatic carbocycles. The van der Waals surface area contributed by atoms with Crippen molar-refractivity contribution in [3.63, 3.8) is 0 Å². The first-order chi connectivity index (χ1) is 5.37. The molecule has 1 aliphatic rings. The molecule has 0 unspecified atom stereocenters. The fraction of sp³-hybridized carbons (Fsp3) is 0.375. The first-order valence-corrected chi connectivity index (χ1v) is 3.55. The van der Waals surface area contributed by atoms with E-state index < -0.39 is 0 Å². The maximum Gasteiger partial charge on any atom is 0.115 e. The van der Waals surface area contributed by atoms with Gasteiger partial charge in [0, 0.05) is 6.20 Å². The Balaban J connectivity index is 2.39. The molecule has 2 rings (SSSR count). The maximum absolute atomic E-state index is 8.80. The van der Waals surface area contributed by atoms with Gasteiger partial charge in [-0.25, -0.2) is 9.97 Å². The molecule has 0 radical (unpaired) electrons. The predicted molar refractivity (Wildman–Crippen MR) is 38.6 cm³/mol. The van der Waals surface area contributed by atoms with Gasteiger partial charge in [0.15, 0.2) is 0 Å². The average molecular weight is 145 g/mol. The molecule has 0 spiro atoms. The summed E-state index contributed by atoms with van der Waals surface area (Å²) in [5, 5.41) is 8.80. The highest BCUT2D eigenvalue weighted by Crippen LogP contribution is 2.46. The number of hydrogen-bond acceptors (Lipinski definition) is 3. The summed E-state index contributed by atoms with van der Waals surface area (Å²) in [5.74, 6) is 0. The van der Waals surface area contributed by atoms with Crippen LogP contribution < -0.4 is 0 Å². The molecule has 1 fully saturated rings. The first kappa shape index (κ1) is 6.29. The average Bonchev–Trinajstić information content (AvgIpc) is 2.86. The van der Waals surface area contributed by atoms with E-state index in [0.29, 0.717) is 0 Å². The standard InChI is InChI=1S/C8H7N3/c9-5-8(2-3-8)7-1-4-10-6-11-7/h1,4,6H,2-3H2. The number of aromatic nitrogens is 2. The summed E-state index contributed by atoms with van der Waals surface area (Å²) in [6.45, 7) is 0. The minimum atomic E-state index is -0.261. The second kappa shape index (κ2) is 2.03. The minimum absolute atomic E-state index is 0.261. The third-order valence-electron chi connectivity index (χ3n) is 2.04. The Labute approximate surface area is 64.7 Å². The summed E-state index contributed by atoms with van der Waals surface area (Å²) in [6.07, 6.45) is 5.06. The molecule has 0 saturated heterocycles. The summed E-state index contributed by atoms with van der Waals surface area (Å²) in [7, 11) is 0. The van der Waals surface area contributed by atoms with Crippen molar-refractivity contribution in [3.8, 4) is 6.07 Å². The molecule has 1 heterocycles. The monoisotopic (exact) mass is 145 g/mol. The number of hydrogen-bond donors (Lipinski definition) is 0. The predicted octanol–water partition coefficient (Wildman–Crippen LogP) is 1.03. The van der Waals surface area contributed by atoms with E-state index in [1.807, 2.05) is 6.07 Å². The zero-order chi connectivity index (χ0) is 7.73. The van der Waals surface area contributed by atoms with E-state index in [-0.39, 0.29) is 5.41 Å². The van der Waals surface area contributed by atoms with Crippen molar-refractivity contribution in [3.05, 3.63) is 24.3 Å². The normalized spacial score (nSPS) is 18.8. The molecule has 0 bridgehead atoms. The van der Waals surface area contributed by atoms with Gasteiger partial charge in [0.25, 0.3) is 0 Å². The molecular weight excluding hydrogens is 138 g/mol. The van der Waals surface area contributed by atoms with Crippen LogP contribution in [0.25, 0.3) is 0 Å². The molecule has 0 amide bonds. The first-order valence-electron chi connectivity index (χ1n) is 3.55. The second-order valence-corrected chi connectivity index (χ2v) is 2.79. The lowest BCUT2D eigenvalue weighted by Crippen LogP contribution is -2.04. The van der Waals surface area contributed by atoms with E-state index in [4.69, 9.17) is 5.26 Å². The van der Waals surface area contributed by atoms with Crippen LogP contribution in [-0.2, 0) is 5.41 Å². The van der Waals surface area contributed by atoms with Crippen LogP contribution in [0.3, 0.4) is 0 Å². The lowest BCUT2D eigenvalue weighted by Gasteiger charge is -2.01. The molecule has 0 N–H and O–H groups in total. The number of rotatable bonds is 1. The molecule has 1 aliphatic carbocycles. The Morgan fingerprint density at radius 2 is 2.36 bits per heavy atom. The third kappa shape index (κ3) is 0.874. The highest BCUT2D eigenvalue weighted by molar-refractivity contribution is 5.32. The Morgan fingerprint density at radius 1 is 1.55 bits per heavy atom. The fourth-order valence-electron chi connectivity index (χ4n) is 1.12. The van der Waals surface area contributed by atoms with Crippen molar-refractivity contribution in [1.82, 2.24) is 9.97 Å². The largest absolute Gasteiger partial charge is 0.245 e. The van der Waals surface area contributed by atoms with E-state index in [0.717, 1.165) is 18.5 Å². The van der Waals surface area contributed by atoms with E-state index in [9.17, 15) is 0 Å². The van der Waals surface area contributed by atoms with Gasteiger partial charge in [-0.2, -0.15) is 5.26 Å². The smallest absolute Gasteiger partial charge is 0.115 e. The molecule has 1 aromatic heterocycles. The van der Waals surface area contributed by atoms with Crippen LogP contribution in [0.15, 0.2) is 18.6 Å². The van der Waals surface area contributed by atoms with Gasteiger partial charge in [0.2, 0.25) is 0 Å². The van der Waals surface area contributed by atoms with Gasteiger partial charge < -0.3 is 0 Å². The molecule has 1 saturated carbocycles. The van der Waals surface area contributed by atoms with Crippen molar-refractivity contribution in [2.24, 2.45) is 0 Å². The highest BCUT2D eigenvalue weighted by atomic mass is 14.8. The van der Waals surface area contributed by atoms with Crippen LogP contribution in [0.5, 0.6) is 0 Å². The molecule has 3 heteroatoms. The van der Waals surface area contributed by atoms with Crippen molar-refractivity contribution in [2.75, 3.05) is 0 Å². The second-order valence-electron chi connectivity index (χ2n) is 2.79. The Kier molecular flexibility index (Phi) is 1.16. The summed E-state index contributed by atoms with van der Waals surface area (Å²) in [4.78, 5) is 7.85. The Bertz CT molecular complexity index is 295. The minimum Gasteiger partial charge on any atom is -0.245 e. The van der Waals surface area contributed by atoms with Crippen molar-refractivity contribution in [1.29, 1.82) is 5.26 Å². The summed E-state index contributed by atoms with van der Waals surface area (Å²) >= 11 is 0. The summed E-state index contributed by atoms with van der Waals surface area (Å²) in [6, 6.07) is 4.09. The molecule has 0 atom stereocenters. The van der Waals surface area contributed by atoms with Crippen LogP contribution >= 0.6 is 0 Å². The molecule has 54 valence electrons. The highest BCUT2D eigenvalue weighted by Gasteiger charge is 2.46. The maximum atomic E-state index is 8.80. The summed E-state index contributed by atoms with van der Waals surface area (Å²) < 4.78 is 0. The van der Waals surface area contributed by atoms with Crippen LogP contribution in [0.2, 0.25) is 0 Å². The molecule has 1 aromatic rings. The van der Waals surface area contributed by atoms with E-state index in [1.54, 1.807) is 6.20 Å². The Morgan fingerprint density at radius 3 is 2.82 bits per heavy atom. The Hall–Kier alpha value is -1.43. The van der Waals surface area contributed by atoms with Gasteiger partial charge in [-0.1, -0.05) is 0 Å². The summed E-state index contributed by atoms with van der Waals surface area (Å²) in [5.41, 5.74) is 0.609. The number of nitrogens with zero attached hydrogens (tertiary/aromatic N) is 3. The zero-order valence-corrected chi connectivity index (χ0v) is 5.99. The van der Waals surface area contributed by atoms with E-state index in [2.05, 4.69) is 16.0 Å². The van der Waals surface area contributed by atoms with Gasteiger partial charge in [-0.3, -0.25) is 0 Å². The van der Waals surface area contributed by atoms with Crippen LogP contribution in [0.4, 0.5) is 0 Å². The van der Waals surface area contributed by atoms with Gasteiger partial charge >= 0.3 is 0 Å². The lowest BCUT2D eigenvalue weighted by atomic mass is 10.1. The third-order valence-corrected chi connectivity index (χ3v) is 2.04. The fourth-order valence-corrected chi connectivity index (χ4v) is 1.12. The SMILES string of the molecule is N#CC1(c2ccncn2)CC1. The van der Waals surface area contributed by atoms with Gasteiger partial charge in [0.1, 0.15) is 6.33 Å². The van der Waals surface area contributed by atoms with E-state index >= 15 is 0 Å². The molecular formula is C8H7N3. The van der Waals surface area contributed by atoms with Crippen LogP contribution in [-0.4, -0.2) is 9.97 Å². The van der Waals surface area contributed by atoms with E-state index in [1.165, 1.54) is 6.33 Å². The van der Waals surface area contributed by atoms with Crippen molar-refractivity contribution >= 4 is 0 Å². The zero-order valence-electron chi connectivity index (χ0n) is 5.99. The van der Waals surface area contributed by atoms with Gasteiger partial charge in [-0.05, 0) is 18.9 Å². The van der Waals surface area contributed by atoms with Gasteiger partial charge in [-0.15, -0.1) is 0 Å².